The third kappa shape index (κ3) is 3.00. The molecule has 0 amide bonds. The summed E-state index contributed by atoms with van der Waals surface area (Å²) in [6, 6.07) is 0. The molecule has 1 fully saturated rings. The molecule has 2 nitrogen and oxygen atoms in total. The average Bonchev–Trinajstić information content (AvgIpc) is 2.57. The van der Waals surface area contributed by atoms with E-state index in [2.05, 4.69) is 20.8 Å². The Hall–Kier alpha value is -0.530. The van der Waals surface area contributed by atoms with Crippen LogP contribution in [0.4, 0.5) is 0 Å². The van der Waals surface area contributed by atoms with Gasteiger partial charge < -0.3 is 4.74 Å². The van der Waals surface area contributed by atoms with E-state index in [1.807, 2.05) is 0 Å². The van der Waals surface area contributed by atoms with Crippen LogP contribution in [-0.4, -0.2) is 12.1 Å². The second-order valence-corrected chi connectivity index (χ2v) is 4.60. The molecule has 0 aliphatic heterocycles. The lowest BCUT2D eigenvalue weighted by Crippen LogP contribution is -2.25. The molecule has 1 aliphatic carbocycles. The lowest BCUT2D eigenvalue weighted by Gasteiger charge is -2.20. The highest BCUT2D eigenvalue weighted by Gasteiger charge is 2.26. The molecule has 0 heterocycles. The second-order valence-electron chi connectivity index (χ2n) is 4.60. The predicted molar refractivity (Wildman–Crippen MR) is 57.0 cm³/mol. The summed E-state index contributed by atoms with van der Waals surface area (Å²) in [6.07, 6.45) is 5.69. The number of rotatable bonds is 4. The molecule has 0 saturated heterocycles. The van der Waals surface area contributed by atoms with E-state index in [-0.39, 0.29) is 18.0 Å². The Balaban J connectivity index is 2.38. The van der Waals surface area contributed by atoms with Crippen LogP contribution in [0, 0.1) is 11.8 Å². The molecule has 1 unspecified atom stereocenters. The summed E-state index contributed by atoms with van der Waals surface area (Å²) in [5.41, 5.74) is 0. The lowest BCUT2D eigenvalue weighted by molar-refractivity contribution is -0.155. The van der Waals surface area contributed by atoms with Crippen LogP contribution in [0.15, 0.2) is 0 Å². The number of hydrogen-bond donors (Lipinski definition) is 0. The van der Waals surface area contributed by atoms with Crippen LogP contribution in [0.25, 0.3) is 0 Å². The first-order chi connectivity index (χ1) is 6.65. The fourth-order valence-corrected chi connectivity index (χ4v) is 2.17. The normalized spacial score (nSPS) is 20.0. The Morgan fingerprint density at radius 2 is 1.93 bits per heavy atom. The molecule has 1 saturated carbocycles. The van der Waals surface area contributed by atoms with Crippen molar-refractivity contribution in [1.29, 1.82) is 0 Å². The van der Waals surface area contributed by atoms with Crippen molar-refractivity contribution < 1.29 is 9.53 Å². The standard InChI is InChI=1S/C12H22O2/c1-4-11(9(2)3)12(13)14-10-7-5-6-8-10/h9-11H,4-8H2,1-3H3. The van der Waals surface area contributed by atoms with Crippen molar-refractivity contribution in [3.63, 3.8) is 0 Å². The fourth-order valence-electron chi connectivity index (χ4n) is 2.17. The molecular weight excluding hydrogens is 176 g/mol. The highest BCUT2D eigenvalue weighted by Crippen LogP contribution is 2.24. The highest BCUT2D eigenvalue weighted by molar-refractivity contribution is 5.72. The predicted octanol–water partition coefficient (Wildman–Crippen LogP) is 3.15. The minimum absolute atomic E-state index is 0.0226. The van der Waals surface area contributed by atoms with Gasteiger partial charge in [-0.2, -0.15) is 0 Å². The van der Waals surface area contributed by atoms with E-state index in [9.17, 15) is 4.79 Å². The molecule has 0 bridgehead atoms. The number of ether oxygens (including phenoxy) is 1. The average molecular weight is 198 g/mol. The largest absolute Gasteiger partial charge is 0.462 e. The van der Waals surface area contributed by atoms with Crippen molar-refractivity contribution in [2.75, 3.05) is 0 Å². The van der Waals surface area contributed by atoms with Crippen molar-refractivity contribution >= 4 is 5.97 Å². The summed E-state index contributed by atoms with van der Waals surface area (Å²) in [5, 5.41) is 0. The number of carbonyl (C=O) groups is 1. The third-order valence-corrected chi connectivity index (χ3v) is 3.13. The first-order valence-corrected chi connectivity index (χ1v) is 5.85. The van der Waals surface area contributed by atoms with E-state index in [0.29, 0.717) is 5.92 Å². The summed E-state index contributed by atoms with van der Waals surface area (Å²) >= 11 is 0. The van der Waals surface area contributed by atoms with Gasteiger partial charge in [0.15, 0.2) is 0 Å². The summed E-state index contributed by atoms with van der Waals surface area (Å²) < 4.78 is 5.49. The molecule has 0 spiro atoms. The molecule has 1 atom stereocenters. The molecule has 2 heteroatoms. The Morgan fingerprint density at radius 3 is 2.36 bits per heavy atom. The Kier molecular flexibility index (Phi) is 4.43. The molecular formula is C12H22O2. The first-order valence-electron chi connectivity index (χ1n) is 5.85. The van der Waals surface area contributed by atoms with Gasteiger partial charge in [-0.05, 0) is 38.0 Å². The minimum atomic E-state index is 0.0226. The van der Waals surface area contributed by atoms with E-state index in [1.54, 1.807) is 0 Å². The highest BCUT2D eigenvalue weighted by atomic mass is 16.5. The molecule has 0 aromatic heterocycles. The van der Waals surface area contributed by atoms with Gasteiger partial charge in [-0.15, -0.1) is 0 Å². The maximum absolute atomic E-state index is 11.7. The smallest absolute Gasteiger partial charge is 0.309 e. The van der Waals surface area contributed by atoms with Gasteiger partial charge in [-0.1, -0.05) is 20.8 Å². The molecule has 82 valence electrons. The van der Waals surface area contributed by atoms with E-state index in [0.717, 1.165) is 19.3 Å². The molecule has 1 rings (SSSR count). The molecule has 1 aliphatic rings. The lowest BCUT2D eigenvalue weighted by atomic mass is 9.93. The van der Waals surface area contributed by atoms with Gasteiger partial charge in [0.05, 0.1) is 5.92 Å². The zero-order valence-corrected chi connectivity index (χ0v) is 9.58. The maximum atomic E-state index is 11.7. The molecule has 0 aromatic carbocycles. The summed E-state index contributed by atoms with van der Waals surface area (Å²) in [7, 11) is 0. The van der Waals surface area contributed by atoms with Gasteiger partial charge in [-0.3, -0.25) is 4.79 Å². The molecule has 0 aromatic rings. The van der Waals surface area contributed by atoms with Crippen LogP contribution in [0.3, 0.4) is 0 Å². The zero-order valence-electron chi connectivity index (χ0n) is 9.58. The van der Waals surface area contributed by atoms with Crippen molar-refractivity contribution in [2.24, 2.45) is 11.8 Å². The van der Waals surface area contributed by atoms with Crippen LogP contribution in [-0.2, 0) is 9.53 Å². The van der Waals surface area contributed by atoms with Crippen molar-refractivity contribution in [1.82, 2.24) is 0 Å². The van der Waals surface area contributed by atoms with Gasteiger partial charge in [-0.25, -0.2) is 0 Å². The van der Waals surface area contributed by atoms with Crippen molar-refractivity contribution in [3.8, 4) is 0 Å². The van der Waals surface area contributed by atoms with Gasteiger partial charge in [0.1, 0.15) is 6.10 Å². The number of carbonyl (C=O) groups excluding carboxylic acids is 1. The Labute approximate surface area is 87.0 Å². The maximum Gasteiger partial charge on any atom is 0.309 e. The Bertz CT molecular complexity index is 181. The van der Waals surface area contributed by atoms with Crippen LogP contribution in [0.1, 0.15) is 52.9 Å². The van der Waals surface area contributed by atoms with Gasteiger partial charge in [0.2, 0.25) is 0 Å². The van der Waals surface area contributed by atoms with Crippen LogP contribution >= 0.6 is 0 Å². The van der Waals surface area contributed by atoms with Gasteiger partial charge in [0, 0.05) is 0 Å². The van der Waals surface area contributed by atoms with E-state index in [4.69, 9.17) is 4.74 Å². The summed E-state index contributed by atoms with van der Waals surface area (Å²) in [5.74, 6) is 0.513. The van der Waals surface area contributed by atoms with Gasteiger partial charge >= 0.3 is 5.97 Å². The van der Waals surface area contributed by atoms with Crippen molar-refractivity contribution in [2.45, 2.75) is 59.0 Å². The number of hydrogen-bond acceptors (Lipinski definition) is 2. The van der Waals surface area contributed by atoms with Crippen LogP contribution in [0.2, 0.25) is 0 Å². The quantitative estimate of drug-likeness (QED) is 0.649. The molecule has 0 N–H and O–H groups in total. The zero-order chi connectivity index (χ0) is 10.6. The van der Waals surface area contributed by atoms with Crippen LogP contribution in [0.5, 0.6) is 0 Å². The van der Waals surface area contributed by atoms with Gasteiger partial charge in [0.25, 0.3) is 0 Å². The topological polar surface area (TPSA) is 26.3 Å². The summed E-state index contributed by atoms with van der Waals surface area (Å²) in [4.78, 5) is 11.7. The number of esters is 1. The Morgan fingerprint density at radius 1 is 1.36 bits per heavy atom. The molecule has 0 radical (unpaired) electrons. The van der Waals surface area contributed by atoms with Crippen molar-refractivity contribution in [3.05, 3.63) is 0 Å². The van der Waals surface area contributed by atoms with E-state index in [1.165, 1.54) is 12.8 Å². The second kappa shape index (κ2) is 5.38. The SMILES string of the molecule is CCC(C(=O)OC1CCCC1)C(C)C. The van der Waals surface area contributed by atoms with Crippen LogP contribution < -0.4 is 0 Å². The monoisotopic (exact) mass is 198 g/mol. The fraction of sp³-hybridized carbons (Fsp3) is 0.917. The minimum Gasteiger partial charge on any atom is -0.462 e. The van der Waals surface area contributed by atoms with E-state index < -0.39 is 0 Å². The third-order valence-electron chi connectivity index (χ3n) is 3.13. The molecule has 14 heavy (non-hydrogen) atoms. The van der Waals surface area contributed by atoms with E-state index >= 15 is 0 Å². The summed E-state index contributed by atoms with van der Waals surface area (Å²) in [6.45, 7) is 6.23. The first kappa shape index (κ1) is 11.5.